The van der Waals surface area contributed by atoms with Crippen molar-refractivity contribution in [3.05, 3.63) is 21.4 Å². The first-order valence-electron chi connectivity index (χ1n) is 3.90. The van der Waals surface area contributed by atoms with Gasteiger partial charge in [0.25, 0.3) is 0 Å². The molecule has 0 amide bonds. The van der Waals surface area contributed by atoms with Gasteiger partial charge in [0.05, 0.1) is 6.21 Å². The van der Waals surface area contributed by atoms with Crippen LogP contribution in [0.15, 0.2) is 11.2 Å². The van der Waals surface area contributed by atoms with Crippen LogP contribution in [0.3, 0.4) is 0 Å². The Labute approximate surface area is 82.2 Å². The van der Waals surface area contributed by atoms with Gasteiger partial charge in [-0.25, -0.2) is 0 Å². The predicted octanol–water partition coefficient (Wildman–Crippen LogP) is 2.35. The first kappa shape index (κ1) is 9.82. The molecule has 0 spiro atoms. The minimum atomic E-state index is 0.221. The average molecular weight is 193 g/mol. The third kappa shape index (κ3) is 2.92. The van der Waals surface area contributed by atoms with Gasteiger partial charge >= 0.3 is 0 Å². The summed E-state index contributed by atoms with van der Waals surface area (Å²) in [5.74, 6) is 2.34. The summed E-state index contributed by atoms with van der Waals surface area (Å²) in [5, 5.41) is 3.74. The highest BCUT2D eigenvalue weighted by Gasteiger charge is 1.98. The number of oxime groups is 1. The summed E-state index contributed by atoms with van der Waals surface area (Å²) in [6, 6.07) is 2.07. The molecule has 1 aromatic rings. The molecule has 0 bridgehead atoms. The lowest BCUT2D eigenvalue weighted by molar-refractivity contribution is 0.181. The second-order valence-corrected chi connectivity index (χ2v) is 4.04. The first-order chi connectivity index (χ1) is 6.24. The van der Waals surface area contributed by atoms with Crippen molar-refractivity contribution >= 4 is 17.6 Å². The third-order valence-electron chi connectivity index (χ3n) is 1.49. The van der Waals surface area contributed by atoms with Gasteiger partial charge in [0.1, 0.15) is 0 Å². The van der Waals surface area contributed by atoms with Gasteiger partial charge in [-0.1, -0.05) is 11.1 Å². The Kier molecular flexibility index (Phi) is 3.53. The quantitative estimate of drug-likeness (QED) is 0.312. The third-order valence-corrected chi connectivity index (χ3v) is 2.48. The minimum Gasteiger partial charge on any atom is -0.383 e. The van der Waals surface area contributed by atoms with Crippen LogP contribution in [0.5, 0.6) is 0 Å². The van der Waals surface area contributed by atoms with Gasteiger partial charge in [0.2, 0.25) is 0 Å². The Bertz CT molecular complexity index is 346. The van der Waals surface area contributed by atoms with E-state index < -0.39 is 0 Å². The van der Waals surface area contributed by atoms with Crippen molar-refractivity contribution < 1.29 is 4.84 Å². The van der Waals surface area contributed by atoms with E-state index in [4.69, 9.17) is 11.3 Å². The van der Waals surface area contributed by atoms with Crippen molar-refractivity contribution in [1.29, 1.82) is 0 Å². The molecule has 0 N–H and O–H groups in total. The Morgan fingerprint density at radius 1 is 1.69 bits per heavy atom. The lowest BCUT2D eigenvalue weighted by atomic mass is 10.3. The second-order valence-electron chi connectivity index (χ2n) is 2.58. The number of rotatable bonds is 3. The van der Waals surface area contributed by atoms with E-state index in [2.05, 4.69) is 31.0 Å². The van der Waals surface area contributed by atoms with Crippen LogP contribution in [0, 0.1) is 26.2 Å². The number of nitrogens with zero attached hydrogens (tertiary/aromatic N) is 1. The van der Waals surface area contributed by atoms with Crippen molar-refractivity contribution in [2.45, 2.75) is 13.8 Å². The Hall–Kier alpha value is -1.27. The van der Waals surface area contributed by atoms with E-state index in [-0.39, 0.29) is 6.61 Å². The van der Waals surface area contributed by atoms with Crippen molar-refractivity contribution in [3.63, 3.8) is 0 Å². The molecule has 0 aliphatic heterocycles. The smallest absolute Gasteiger partial charge is 0.177 e. The van der Waals surface area contributed by atoms with Crippen molar-refractivity contribution in [1.82, 2.24) is 0 Å². The van der Waals surface area contributed by atoms with Crippen LogP contribution >= 0.6 is 11.3 Å². The lowest BCUT2D eigenvalue weighted by Crippen LogP contribution is -1.84. The van der Waals surface area contributed by atoms with E-state index in [0.29, 0.717) is 0 Å². The van der Waals surface area contributed by atoms with Gasteiger partial charge in [-0.15, -0.1) is 17.8 Å². The molecule has 2 nitrogen and oxygen atoms in total. The molecule has 68 valence electrons. The number of aryl methyl sites for hydroxylation is 2. The topological polar surface area (TPSA) is 21.6 Å². The molecule has 13 heavy (non-hydrogen) atoms. The summed E-state index contributed by atoms with van der Waals surface area (Å²) >= 11 is 1.75. The largest absolute Gasteiger partial charge is 0.383 e. The number of thiophene rings is 1. The maximum absolute atomic E-state index is 5.00. The molecule has 0 atom stereocenters. The van der Waals surface area contributed by atoms with Crippen molar-refractivity contribution in [3.8, 4) is 12.3 Å². The summed E-state index contributed by atoms with van der Waals surface area (Å²) in [7, 11) is 0. The summed E-state index contributed by atoms with van der Waals surface area (Å²) in [4.78, 5) is 7.30. The summed E-state index contributed by atoms with van der Waals surface area (Å²) < 4.78 is 0. The highest BCUT2D eigenvalue weighted by molar-refractivity contribution is 7.12. The maximum Gasteiger partial charge on any atom is 0.177 e. The number of hydrogen-bond donors (Lipinski definition) is 0. The summed E-state index contributed by atoms with van der Waals surface area (Å²) in [6.45, 7) is 4.34. The van der Waals surface area contributed by atoms with E-state index in [1.165, 1.54) is 9.75 Å². The second kappa shape index (κ2) is 4.68. The van der Waals surface area contributed by atoms with Crippen molar-refractivity contribution in [2.24, 2.45) is 5.16 Å². The molecule has 1 heterocycles. The molecule has 0 radical (unpaired) electrons. The average Bonchev–Trinajstić information content (AvgIpc) is 2.39. The highest BCUT2D eigenvalue weighted by atomic mass is 32.1. The standard InChI is InChI=1S/C10H11NOS/c1-4-5-12-11-7-10-6-8(2)13-9(10)3/h1,6-7H,5H2,2-3H3/b11-7+. The van der Waals surface area contributed by atoms with Gasteiger partial charge in [-0.3, -0.25) is 0 Å². The Balaban J connectivity index is 2.59. The fourth-order valence-electron chi connectivity index (χ4n) is 0.947. The molecule has 0 aromatic carbocycles. The normalized spacial score (nSPS) is 10.2. The Morgan fingerprint density at radius 3 is 3.00 bits per heavy atom. The zero-order chi connectivity index (χ0) is 9.68. The zero-order valence-electron chi connectivity index (χ0n) is 7.70. The summed E-state index contributed by atoms with van der Waals surface area (Å²) in [6.07, 6.45) is 6.69. The monoisotopic (exact) mass is 193 g/mol. The highest BCUT2D eigenvalue weighted by Crippen LogP contribution is 2.18. The SMILES string of the molecule is C#CCO/N=C/c1cc(C)sc1C. The maximum atomic E-state index is 5.00. The lowest BCUT2D eigenvalue weighted by Gasteiger charge is -1.90. The van der Waals surface area contributed by atoms with Crippen molar-refractivity contribution in [2.75, 3.05) is 6.61 Å². The summed E-state index contributed by atoms with van der Waals surface area (Å²) in [5.41, 5.74) is 1.10. The molecule has 0 unspecified atom stereocenters. The molecular formula is C10H11NOS. The molecule has 0 saturated carbocycles. The van der Waals surface area contributed by atoms with Crippen LogP contribution in [0.2, 0.25) is 0 Å². The molecule has 0 aliphatic carbocycles. The predicted molar refractivity (Wildman–Crippen MR) is 56.2 cm³/mol. The van der Waals surface area contributed by atoms with Gasteiger partial charge in [0, 0.05) is 15.3 Å². The molecular weight excluding hydrogens is 182 g/mol. The molecule has 0 saturated heterocycles. The van der Waals surface area contributed by atoms with E-state index in [1.54, 1.807) is 17.6 Å². The van der Waals surface area contributed by atoms with Crippen LogP contribution < -0.4 is 0 Å². The van der Waals surface area contributed by atoms with Gasteiger partial charge < -0.3 is 4.84 Å². The fourth-order valence-corrected chi connectivity index (χ4v) is 1.85. The number of hydrogen-bond acceptors (Lipinski definition) is 3. The molecule has 0 aliphatic rings. The number of terminal acetylenes is 1. The van der Waals surface area contributed by atoms with Crippen LogP contribution in [0.25, 0.3) is 0 Å². The van der Waals surface area contributed by atoms with E-state index in [9.17, 15) is 0 Å². The van der Waals surface area contributed by atoms with Crippen LogP contribution in [-0.4, -0.2) is 12.8 Å². The van der Waals surface area contributed by atoms with E-state index in [0.717, 1.165) is 5.56 Å². The minimum absolute atomic E-state index is 0.221. The molecule has 1 aromatic heterocycles. The zero-order valence-corrected chi connectivity index (χ0v) is 8.52. The first-order valence-corrected chi connectivity index (χ1v) is 4.71. The van der Waals surface area contributed by atoms with Gasteiger partial charge in [-0.05, 0) is 19.9 Å². The van der Waals surface area contributed by atoms with Crippen LogP contribution in [0.1, 0.15) is 15.3 Å². The van der Waals surface area contributed by atoms with Gasteiger partial charge in [-0.2, -0.15) is 0 Å². The Morgan fingerprint density at radius 2 is 2.46 bits per heavy atom. The molecule has 0 fully saturated rings. The van der Waals surface area contributed by atoms with Crippen LogP contribution in [-0.2, 0) is 4.84 Å². The van der Waals surface area contributed by atoms with E-state index >= 15 is 0 Å². The molecule has 3 heteroatoms. The van der Waals surface area contributed by atoms with Gasteiger partial charge in [0.15, 0.2) is 6.61 Å². The van der Waals surface area contributed by atoms with E-state index in [1.807, 2.05) is 0 Å². The van der Waals surface area contributed by atoms with Crippen LogP contribution in [0.4, 0.5) is 0 Å². The fraction of sp³-hybridized carbons (Fsp3) is 0.300. The molecule has 1 rings (SSSR count).